The van der Waals surface area contributed by atoms with Crippen LogP contribution >= 0.6 is 0 Å². The summed E-state index contributed by atoms with van der Waals surface area (Å²) in [5.74, 6) is -1.22. The number of hydrogen-bond donors (Lipinski definition) is 5. The first kappa shape index (κ1) is 30.9. The fraction of sp³-hybridized carbons (Fsp3) is 0.500. The van der Waals surface area contributed by atoms with Crippen LogP contribution in [0.2, 0.25) is 0 Å². The second kappa shape index (κ2) is 12.2. The number of allylic oxidation sites excluding steroid dienone is 4. The van der Waals surface area contributed by atoms with Crippen LogP contribution in [0.1, 0.15) is 61.0 Å². The van der Waals surface area contributed by atoms with Crippen molar-refractivity contribution in [2.75, 3.05) is 31.1 Å². The number of benzene rings is 1. The summed E-state index contributed by atoms with van der Waals surface area (Å²) in [6.07, 6.45) is 2.96. The monoisotopic (exact) mass is 553 g/mol. The van der Waals surface area contributed by atoms with Crippen LogP contribution in [0.25, 0.3) is 5.57 Å². The van der Waals surface area contributed by atoms with E-state index < -0.39 is 11.5 Å². The van der Waals surface area contributed by atoms with Crippen LogP contribution in [0.3, 0.4) is 0 Å². The van der Waals surface area contributed by atoms with Gasteiger partial charge >= 0.3 is 0 Å². The van der Waals surface area contributed by atoms with Gasteiger partial charge in [-0.25, -0.2) is 4.58 Å². The molecular formula is C32H45N2O6+. The van der Waals surface area contributed by atoms with Crippen molar-refractivity contribution >= 4 is 22.8 Å². The molecule has 2 aliphatic carbocycles. The molecule has 3 rings (SSSR count). The van der Waals surface area contributed by atoms with Crippen molar-refractivity contribution in [2.45, 2.75) is 55.4 Å². The van der Waals surface area contributed by atoms with Gasteiger partial charge in [-0.2, -0.15) is 0 Å². The van der Waals surface area contributed by atoms with E-state index in [9.17, 15) is 30.3 Å². The third-order valence-corrected chi connectivity index (χ3v) is 6.66. The number of nitrogens with zero attached hydrogens (tertiary/aromatic N) is 2. The molecule has 0 aromatic heterocycles. The first-order valence-corrected chi connectivity index (χ1v) is 14.1. The number of carbonyl (C=O) groups excluding carboxylic acids is 1. The molecule has 8 heteroatoms. The van der Waals surface area contributed by atoms with Crippen LogP contribution in [0.15, 0.2) is 52.7 Å². The molecule has 1 aromatic carbocycles. The predicted octanol–water partition coefficient (Wildman–Crippen LogP) is 6.03. The van der Waals surface area contributed by atoms with E-state index >= 15 is 0 Å². The number of aliphatic hydroxyl groups excluding tert-OH is 3. The van der Waals surface area contributed by atoms with Gasteiger partial charge < -0.3 is 30.4 Å². The Hall–Kier alpha value is -3.68. The standard InChI is InChI=1S/C32H44N2O6/c1-17(2)13-33(14-18(3)4)21-9-23(35)27(24(36)10-21)29-31(39)30(32(29)40)28-25(37)11-22(12-26(28)38)34(15-19(5)6)16-20(7)8/h9-12,17-20H,13-16H2,1-8H3,(H4,35,36,37,38,39,40)/p+1. The van der Waals surface area contributed by atoms with E-state index in [1.807, 2.05) is 0 Å². The summed E-state index contributed by atoms with van der Waals surface area (Å²) >= 11 is 0. The van der Waals surface area contributed by atoms with Gasteiger partial charge in [-0.15, -0.1) is 0 Å². The quantitative estimate of drug-likeness (QED) is 0.177. The average Bonchev–Trinajstić information content (AvgIpc) is 2.81. The summed E-state index contributed by atoms with van der Waals surface area (Å²) in [7, 11) is 0. The smallest absolute Gasteiger partial charge is 0.207 e. The van der Waals surface area contributed by atoms with Gasteiger partial charge in [-0.05, 0) is 11.8 Å². The highest BCUT2D eigenvalue weighted by atomic mass is 16.3. The van der Waals surface area contributed by atoms with Crippen LogP contribution in [-0.2, 0) is 4.79 Å². The average molecular weight is 554 g/mol. The van der Waals surface area contributed by atoms with Crippen molar-refractivity contribution in [1.29, 1.82) is 0 Å². The summed E-state index contributed by atoms with van der Waals surface area (Å²) in [6, 6.07) is 2.96. The number of phenols is 2. The number of aromatic hydroxyl groups is 2. The van der Waals surface area contributed by atoms with Crippen LogP contribution in [0, 0.1) is 23.7 Å². The molecule has 0 heterocycles. The molecule has 0 saturated carbocycles. The molecule has 0 bridgehead atoms. The molecule has 2 aliphatic rings. The van der Waals surface area contributed by atoms with Gasteiger partial charge in [-0.3, -0.25) is 4.79 Å². The maximum atomic E-state index is 13.3. The van der Waals surface area contributed by atoms with Crippen LogP contribution in [-0.4, -0.2) is 67.8 Å². The fourth-order valence-electron chi connectivity index (χ4n) is 5.27. The normalized spacial score (nSPS) is 15.9. The van der Waals surface area contributed by atoms with Gasteiger partial charge in [0.25, 0.3) is 0 Å². The molecule has 0 aliphatic heterocycles. The van der Waals surface area contributed by atoms with Crippen LogP contribution in [0.5, 0.6) is 11.5 Å². The molecule has 0 atom stereocenters. The minimum Gasteiger partial charge on any atom is -0.507 e. The number of rotatable bonds is 10. The number of Topliss-reactive ketones (excluding diaryl/α,β-unsaturated/α-hetero) is 1. The van der Waals surface area contributed by atoms with E-state index in [-0.39, 0.29) is 45.3 Å². The molecule has 1 aromatic rings. The lowest BCUT2D eigenvalue weighted by atomic mass is 9.78. The maximum Gasteiger partial charge on any atom is 0.207 e. The van der Waals surface area contributed by atoms with Crippen molar-refractivity contribution in [3.8, 4) is 11.5 Å². The Kier molecular flexibility index (Phi) is 9.44. The van der Waals surface area contributed by atoms with Crippen molar-refractivity contribution in [2.24, 2.45) is 23.7 Å². The molecule has 5 N–H and O–H groups in total. The number of carbonyl (C=O) groups is 1. The second-order valence-corrected chi connectivity index (χ2v) is 12.5. The van der Waals surface area contributed by atoms with E-state index in [1.54, 1.807) is 0 Å². The zero-order valence-corrected chi connectivity index (χ0v) is 25.0. The minimum atomic E-state index is -0.698. The molecular weight excluding hydrogens is 508 g/mol. The zero-order valence-electron chi connectivity index (χ0n) is 25.0. The predicted molar refractivity (Wildman–Crippen MR) is 159 cm³/mol. The van der Waals surface area contributed by atoms with E-state index in [2.05, 4.69) is 64.9 Å². The maximum absolute atomic E-state index is 13.3. The van der Waals surface area contributed by atoms with Gasteiger partial charge in [-0.1, -0.05) is 55.4 Å². The summed E-state index contributed by atoms with van der Waals surface area (Å²) in [6.45, 7) is 19.5. The third-order valence-electron chi connectivity index (χ3n) is 6.66. The Labute approximate surface area is 237 Å². The lowest BCUT2D eigenvalue weighted by Gasteiger charge is -2.30. The summed E-state index contributed by atoms with van der Waals surface area (Å²) < 4.78 is 2.06. The number of phenolic OH excluding ortho intramolecular Hbond substituents is 2. The first-order valence-electron chi connectivity index (χ1n) is 14.1. The van der Waals surface area contributed by atoms with Gasteiger partial charge in [0.1, 0.15) is 41.9 Å². The third kappa shape index (κ3) is 6.54. The Morgan fingerprint density at radius 1 is 0.675 bits per heavy atom. The highest BCUT2D eigenvalue weighted by Gasteiger charge is 2.42. The molecule has 0 saturated heterocycles. The van der Waals surface area contributed by atoms with Gasteiger partial charge in [0.05, 0.1) is 34.4 Å². The number of anilines is 1. The van der Waals surface area contributed by atoms with Crippen LogP contribution < -0.4 is 4.90 Å². The molecule has 0 fully saturated rings. The summed E-state index contributed by atoms with van der Waals surface area (Å²) in [5, 5.41) is 54.4. The first-order chi connectivity index (χ1) is 18.6. The Balaban J connectivity index is 2.06. The fourth-order valence-corrected chi connectivity index (χ4v) is 5.27. The van der Waals surface area contributed by atoms with E-state index in [4.69, 9.17) is 0 Å². The van der Waals surface area contributed by atoms with Crippen molar-refractivity contribution in [1.82, 2.24) is 0 Å². The van der Waals surface area contributed by atoms with Gasteiger partial charge in [0.2, 0.25) is 11.5 Å². The molecule has 218 valence electrons. The molecule has 0 radical (unpaired) electrons. The molecule has 8 nitrogen and oxygen atoms in total. The van der Waals surface area contributed by atoms with Crippen LogP contribution in [0.4, 0.5) is 5.69 Å². The highest BCUT2D eigenvalue weighted by molar-refractivity contribution is 6.40. The molecule has 0 spiro atoms. The highest BCUT2D eigenvalue weighted by Crippen LogP contribution is 2.48. The number of ketones is 1. The van der Waals surface area contributed by atoms with E-state index in [0.717, 1.165) is 0 Å². The van der Waals surface area contributed by atoms with E-state index in [0.29, 0.717) is 61.2 Å². The Morgan fingerprint density at radius 3 is 1.50 bits per heavy atom. The Morgan fingerprint density at radius 2 is 1.12 bits per heavy atom. The lowest BCUT2D eigenvalue weighted by Crippen LogP contribution is -2.31. The Bertz CT molecular complexity index is 1260. The summed E-state index contributed by atoms with van der Waals surface area (Å²) in [4.78, 5) is 15.3. The number of aliphatic hydroxyl groups is 3. The molecule has 40 heavy (non-hydrogen) atoms. The van der Waals surface area contributed by atoms with Gasteiger partial charge in [0, 0.05) is 42.7 Å². The van der Waals surface area contributed by atoms with E-state index in [1.165, 1.54) is 24.3 Å². The SMILES string of the molecule is CC(C)CN(CC(C)C)c1cc(O)c(C2=C(O)C(=C3C(O)=CC(=[N+](CC(C)C)CC(C)C)C=C3O)C2=O)c(O)c1. The second-order valence-electron chi connectivity index (χ2n) is 12.5. The van der Waals surface area contributed by atoms with Crippen molar-refractivity contribution in [3.63, 3.8) is 0 Å². The molecule has 0 amide bonds. The summed E-state index contributed by atoms with van der Waals surface area (Å²) in [5.41, 5.74) is 0.324. The minimum absolute atomic E-state index is 0.181. The largest absolute Gasteiger partial charge is 0.507 e. The molecule has 0 unspecified atom stereocenters. The zero-order chi connectivity index (χ0) is 30.0. The topological polar surface area (TPSA) is 124 Å². The van der Waals surface area contributed by atoms with Crippen molar-refractivity contribution < 1.29 is 34.9 Å². The lowest BCUT2D eigenvalue weighted by molar-refractivity contribution is -0.538. The number of hydrogen-bond acceptors (Lipinski definition) is 7. The van der Waals surface area contributed by atoms with Gasteiger partial charge in [0.15, 0.2) is 0 Å². The van der Waals surface area contributed by atoms with Crippen molar-refractivity contribution in [3.05, 3.63) is 58.3 Å².